The van der Waals surface area contributed by atoms with Crippen LogP contribution in [0.25, 0.3) is 0 Å². The normalized spacial score (nSPS) is 13.3. The SMILES string of the molecule is COc1cc(/C=N/c2sc3c(c2C#N)CCCC3)ccc1OC(C)=O. The van der Waals surface area contributed by atoms with Gasteiger partial charge < -0.3 is 9.47 Å². The van der Waals surface area contributed by atoms with Crippen molar-refractivity contribution in [2.75, 3.05) is 7.11 Å². The highest BCUT2D eigenvalue weighted by molar-refractivity contribution is 7.16. The molecule has 5 nitrogen and oxygen atoms in total. The van der Waals surface area contributed by atoms with E-state index in [0.717, 1.165) is 29.8 Å². The van der Waals surface area contributed by atoms with Gasteiger partial charge in [-0.3, -0.25) is 4.79 Å². The Hall–Kier alpha value is -2.65. The van der Waals surface area contributed by atoms with Crippen molar-refractivity contribution in [3.63, 3.8) is 0 Å². The van der Waals surface area contributed by atoms with Gasteiger partial charge in [0, 0.05) is 18.0 Å². The lowest BCUT2D eigenvalue weighted by atomic mass is 9.96. The first-order valence-electron chi connectivity index (χ1n) is 8.07. The zero-order chi connectivity index (χ0) is 17.8. The van der Waals surface area contributed by atoms with Crippen LogP contribution in [0.3, 0.4) is 0 Å². The number of thiophene rings is 1. The molecule has 2 aromatic rings. The van der Waals surface area contributed by atoms with Crippen LogP contribution in [0.15, 0.2) is 23.2 Å². The molecular weight excluding hydrogens is 336 g/mol. The first-order chi connectivity index (χ1) is 12.1. The number of carbonyl (C=O) groups excluding carboxylic acids is 1. The zero-order valence-electron chi connectivity index (χ0n) is 14.2. The molecule has 0 aliphatic heterocycles. The summed E-state index contributed by atoms with van der Waals surface area (Å²) in [5.41, 5.74) is 2.69. The summed E-state index contributed by atoms with van der Waals surface area (Å²) < 4.78 is 10.4. The van der Waals surface area contributed by atoms with Gasteiger partial charge in [-0.25, -0.2) is 4.99 Å². The highest BCUT2D eigenvalue weighted by Crippen LogP contribution is 2.39. The summed E-state index contributed by atoms with van der Waals surface area (Å²) in [6.07, 6.45) is 6.02. The minimum Gasteiger partial charge on any atom is -0.493 e. The van der Waals surface area contributed by atoms with Crippen LogP contribution < -0.4 is 9.47 Å². The Bertz CT molecular complexity index is 878. The maximum Gasteiger partial charge on any atom is 0.308 e. The standard InChI is InChI=1S/C19H18N2O3S/c1-12(22)24-16-8-7-13(9-17(16)23-2)11-21-19-15(10-20)14-5-3-4-6-18(14)25-19/h7-9,11H,3-6H2,1-2H3/b21-11+. The van der Waals surface area contributed by atoms with E-state index in [-0.39, 0.29) is 0 Å². The molecule has 128 valence electrons. The first kappa shape index (κ1) is 17.2. The fraction of sp³-hybridized carbons (Fsp3) is 0.316. The Morgan fingerprint density at radius 3 is 2.84 bits per heavy atom. The van der Waals surface area contributed by atoms with Crippen molar-refractivity contribution in [1.82, 2.24) is 0 Å². The highest BCUT2D eigenvalue weighted by Gasteiger charge is 2.20. The molecule has 0 atom stereocenters. The molecule has 1 heterocycles. The van der Waals surface area contributed by atoms with E-state index >= 15 is 0 Å². The molecule has 25 heavy (non-hydrogen) atoms. The third-order valence-electron chi connectivity index (χ3n) is 4.04. The van der Waals surface area contributed by atoms with Gasteiger partial charge in [0.05, 0.1) is 12.7 Å². The number of rotatable bonds is 4. The molecule has 1 aliphatic carbocycles. The summed E-state index contributed by atoms with van der Waals surface area (Å²) in [4.78, 5) is 16.9. The first-order valence-corrected chi connectivity index (χ1v) is 8.89. The van der Waals surface area contributed by atoms with Crippen LogP contribution in [0.5, 0.6) is 11.5 Å². The monoisotopic (exact) mass is 354 g/mol. The number of ether oxygens (including phenoxy) is 2. The molecule has 0 saturated heterocycles. The van der Waals surface area contributed by atoms with E-state index in [9.17, 15) is 10.1 Å². The van der Waals surface area contributed by atoms with Crippen LogP contribution in [-0.4, -0.2) is 19.3 Å². The lowest BCUT2D eigenvalue weighted by Crippen LogP contribution is -2.03. The van der Waals surface area contributed by atoms with E-state index in [2.05, 4.69) is 11.1 Å². The van der Waals surface area contributed by atoms with Crippen LogP contribution in [-0.2, 0) is 17.6 Å². The molecule has 0 bridgehead atoms. The third kappa shape index (κ3) is 3.72. The average Bonchev–Trinajstić information content (AvgIpc) is 2.97. The number of fused-ring (bicyclic) bond motifs is 1. The molecule has 0 radical (unpaired) electrons. The van der Waals surface area contributed by atoms with Gasteiger partial charge in [-0.1, -0.05) is 0 Å². The largest absolute Gasteiger partial charge is 0.493 e. The Kier molecular flexibility index (Phi) is 5.15. The van der Waals surface area contributed by atoms with Gasteiger partial charge in [-0.2, -0.15) is 5.26 Å². The molecule has 0 amide bonds. The predicted molar refractivity (Wildman–Crippen MR) is 97.2 cm³/mol. The van der Waals surface area contributed by atoms with E-state index in [1.54, 1.807) is 35.8 Å². The van der Waals surface area contributed by atoms with Gasteiger partial charge in [0.1, 0.15) is 11.1 Å². The van der Waals surface area contributed by atoms with Crippen molar-refractivity contribution in [2.45, 2.75) is 32.6 Å². The average molecular weight is 354 g/mol. The van der Waals surface area contributed by atoms with Crippen molar-refractivity contribution in [3.8, 4) is 17.6 Å². The molecular formula is C19H18N2O3S. The number of aliphatic imine (C=N–C) groups is 1. The Morgan fingerprint density at radius 2 is 2.12 bits per heavy atom. The van der Waals surface area contributed by atoms with Gasteiger partial charge >= 0.3 is 5.97 Å². The summed E-state index contributed by atoms with van der Waals surface area (Å²) in [5, 5.41) is 10.2. The van der Waals surface area contributed by atoms with Crippen molar-refractivity contribution < 1.29 is 14.3 Å². The summed E-state index contributed by atoms with van der Waals surface area (Å²) in [5.74, 6) is 0.434. The Balaban J connectivity index is 1.89. The number of nitrogens with zero attached hydrogens (tertiary/aromatic N) is 2. The molecule has 1 aromatic heterocycles. The lowest BCUT2D eigenvalue weighted by Gasteiger charge is -2.09. The molecule has 0 fully saturated rings. The van der Waals surface area contributed by atoms with Gasteiger partial charge in [-0.15, -0.1) is 11.3 Å². The molecule has 0 saturated carbocycles. The number of hydrogen-bond acceptors (Lipinski definition) is 6. The van der Waals surface area contributed by atoms with E-state index in [1.165, 1.54) is 30.9 Å². The van der Waals surface area contributed by atoms with Crippen molar-refractivity contribution in [1.29, 1.82) is 5.26 Å². The number of nitriles is 1. The van der Waals surface area contributed by atoms with E-state index in [4.69, 9.17) is 9.47 Å². The number of hydrogen-bond donors (Lipinski definition) is 0. The number of aryl methyl sites for hydroxylation is 1. The maximum absolute atomic E-state index is 11.1. The smallest absolute Gasteiger partial charge is 0.308 e. The van der Waals surface area contributed by atoms with Gasteiger partial charge in [0.25, 0.3) is 0 Å². The van der Waals surface area contributed by atoms with Crippen LogP contribution in [0.2, 0.25) is 0 Å². The number of carbonyl (C=O) groups is 1. The third-order valence-corrected chi connectivity index (χ3v) is 5.24. The minimum atomic E-state index is -0.400. The van der Waals surface area contributed by atoms with Gasteiger partial charge in [-0.05, 0) is 55.0 Å². The lowest BCUT2D eigenvalue weighted by molar-refractivity contribution is -0.132. The summed E-state index contributed by atoms with van der Waals surface area (Å²) in [7, 11) is 1.52. The zero-order valence-corrected chi connectivity index (χ0v) is 15.0. The Morgan fingerprint density at radius 1 is 1.32 bits per heavy atom. The fourth-order valence-electron chi connectivity index (χ4n) is 2.89. The minimum absolute atomic E-state index is 0.372. The second-order valence-electron chi connectivity index (χ2n) is 5.76. The number of methoxy groups -OCH3 is 1. The summed E-state index contributed by atoms with van der Waals surface area (Å²) in [6.45, 7) is 1.34. The van der Waals surface area contributed by atoms with E-state index < -0.39 is 5.97 Å². The van der Waals surface area contributed by atoms with Crippen LogP contribution in [0.4, 0.5) is 5.00 Å². The molecule has 1 aliphatic rings. The molecule has 3 rings (SSSR count). The fourth-order valence-corrected chi connectivity index (χ4v) is 4.08. The van der Waals surface area contributed by atoms with Gasteiger partial charge in [0.2, 0.25) is 0 Å². The molecule has 0 spiro atoms. The highest BCUT2D eigenvalue weighted by atomic mass is 32.1. The maximum atomic E-state index is 11.1. The second-order valence-corrected chi connectivity index (χ2v) is 6.85. The topological polar surface area (TPSA) is 71.7 Å². The van der Waals surface area contributed by atoms with E-state index in [1.807, 2.05) is 0 Å². The summed E-state index contributed by atoms with van der Waals surface area (Å²) >= 11 is 1.61. The number of esters is 1. The molecule has 6 heteroatoms. The Labute approximate surface area is 150 Å². The predicted octanol–water partition coefficient (Wildman–Crippen LogP) is 4.18. The second kappa shape index (κ2) is 7.49. The van der Waals surface area contributed by atoms with Crippen LogP contribution in [0, 0.1) is 11.3 Å². The quantitative estimate of drug-likeness (QED) is 0.469. The van der Waals surface area contributed by atoms with Crippen LogP contribution >= 0.6 is 11.3 Å². The van der Waals surface area contributed by atoms with Crippen LogP contribution in [0.1, 0.15) is 41.3 Å². The van der Waals surface area contributed by atoms with Crippen molar-refractivity contribution in [3.05, 3.63) is 39.8 Å². The molecule has 0 unspecified atom stereocenters. The molecule has 1 aromatic carbocycles. The van der Waals surface area contributed by atoms with Gasteiger partial charge in [0.15, 0.2) is 11.5 Å². The summed E-state index contributed by atoms with van der Waals surface area (Å²) in [6, 6.07) is 7.53. The van der Waals surface area contributed by atoms with Crippen molar-refractivity contribution in [2.24, 2.45) is 4.99 Å². The van der Waals surface area contributed by atoms with E-state index in [0.29, 0.717) is 17.1 Å². The molecule has 0 N–H and O–H groups in total. The van der Waals surface area contributed by atoms with Crippen molar-refractivity contribution >= 4 is 28.5 Å². The number of benzene rings is 1.